The van der Waals surface area contributed by atoms with Crippen LogP contribution in [-0.4, -0.2) is 25.2 Å². The van der Waals surface area contributed by atoms with Crippen molar-refractivity contribution in [3.05, 3.63) is 41.0 Å². The standard InChI is InChI=1S/C18H19N3O4S2/c1-3-24-15-7-6-13(10-11(15)2)27(22,23)21-14-8-9-26-16(14)18-19-17(20-25-18)12-4-5-12/h6-10,12,21H,3-5H2,1-2H3. The van der Waals surface area contributed by atoms with Gasteiger partial charge in [-0.1, -0.05) is 5.16 Å². The summed E-state index contributed by atoms with van der Waals surface area (Å²) in [5, 5.41) is 5.79. The zero-order valence-electron chi connectivity index (χ0n) is 14.9. The number of rotatable bonds is 7. The van der Waals surface area contributed by atoms with Crippen LogP contribution in [0.15, 0.2) is 39.1 Å². The Morgan fingerprint density at radius 2 is 2.15 bits per heavy atom. The molecule has 1 saturated carbocycles. The molecule has 0 spiro atoms. The second-order valence-electron chi connectivity index (χ2n) is 6.36. The monoisotopic (exact) mass is 405 g/mol. The van der Waals surface area contributed by atoms with Gasteiger partial charge in [-0.25, -0.2) is 8.42 Å². The van der Waals surface area contributed by atoms with Crippen molar-refractivity contribution >= 4 is 27.0 Å². The number of nitrogens with one attached hydrogen (secondary N) is 1. The van der Waals surface area contributed by atoms with Crippen molar-refractivity contribution < 1.29 is 17.7 Å². The lowest BCUT2D eigenvalue weighted by Crippen LogP contribution is -2.13. The highest BCUT2D eigenvalue weighted by molar-refractivity contribution is 7.92. The molecule has 1 aromatic carbocycles. The summed E-state index contributed by atoms with van der Waals surface area (Å²) in [6.07, 6.45) is 2.14. The van der Waals surface area contributed by atoms with Crippen molar-refractivity contribution in [2.75, 3.05) is 11.3 Å². The number of ether oxygens (including phenoxy) is 1. The molecule has 4 rings (SSSR count). The maximum absolute atomic E-state index is 12.8. The number of aromatic nitrogens is 2. The first-order chi connectivity index (χ1) is 13.0. The number of aryl methyl sites for hydroxylation is 1. The molecule has 0 unspecified atom stereocenters. The highest BCUT2D eigenvalue weighted by Gasteiger charge is 2.30. The maximum atomic E-state index is 12.8. The molecular weight excluding hydrogens is 386 g/mol. The van der Waals surface area contributed by atoms with E-state index >= 15 is 0 Å². The minimum atomic E-state index is -3.75. The van der Waals surface area contributed by atoms with Crippen LogP contribution in [0.5, 0.6) is 5.75 Å². The Morgan fingerprint density at radius 1 is 1.33 bits per heavy atom. The molecule has 2 heterocycles. The van der Waals surface area contributed by atoms with Crippen LogP contribution in [0.25, 0.3) is 10.8 Å². The zero-order chi connectivity index (χ0) is 19.0. The fourth-order valence-electron chi connectivity index (χ4n) is 2.70. The fraction of sp³-hybridized carbons (Fsp3) is 0.333. The predicted octanol–water partition coefficient (Wildman–Crippen LogP) is 4.18. The third-order valence-corrected chi connectivity index (χ3v) is 6.51. The molecule has 27 heavy (non-hydrogen) atoms. The molecule has 0 saturated heterocycles. The minimum absolute atomic E-state index is 0.171. The molecule has 0 radical (unpaired) electrons. The van der Waals surface area contributed by atoms with E-state index in [0.717, 1.165) is 18.4 Å². The Morgan fingerprint density at radius 3 is 2.85 bits per heavy atom. The fourth-order valence-corrected chi connectivity index (χ4v) is 4.69. The van der Waals surface area contributed by atoms with Crippen LogP contribution in [0.3, 0.4) is 0 Å². The number of sulfonamides is 1. The molecule has 1 aliphatic carbocycles. The molecule has 0 bridgehead atoms. The number of hydrogen-bond acceptors (Lipinski definition) is 7. The number of nitrogens with zero attached hydrogens (tertiary/aromatic N) is 2. The predicted molar refractivity (Wildman–Crippen MR) is 103 cm³/mol. The van der Waals surface area contributed by atoms with E-state index in [1.54, 1.807) is 23.6 Å². The summed E-state index contributed by atoms with van der Waals surface area (Å²) >= 11 is 1.35. The minimum Gasteiger partial charge on any atom is -0.494 e. The van der Waals surface area contributed by atoms with Crippen molar-refractivity contribution in [1.29, 1.82) is 0 Å². The second-order valence-corrected chi connectivity index (χ2v) is 8.96. The van der Waals surface area contributed by atoms with Gasteiger partial charge >= 0.3 is 0 Å². The summed E-state index contributed by atoms with van der Waals surface area (Å²) in [6, 6.07) is 6.49. The van der Waals surface area contributed by atoms with Crippen LogP contribution in [0, 0.1) is 6.92 Å². The quantitative estimate of drug-likeness (QED) is 0.634. The summed E-state index contributed by atoms with van der Waals surface area (Å²) < 4.78 is 39.1. The Kier molecular flexibility index (Phi) is 4.65. The first kappa shape index (κ1) is 18.0. The van der Waals surface area contributed by atoms with Gasteiger partial charge in [0.05, 0.1) is 17.2 Å². The van der Waals surface area contributed by atoms with Crippen LogP contribution in [-0.2, 0) is 10.0 Å². The number of thiophene rings is 1. The van der Waals surface area contributed by atoms with Crippen molar-refractivity contribution in [3.8, 4) is 16.5 Å². The highest BCUT2D eigenvalue weighted by atomic mass is 32.2. The smallest absolute Gasteiger partial charge is 0.270 e. The Hall–Kier alpha value is -2.39. The zero-order valence-corrected chi connectivity index (χ0v) is 16.6. The summed E-state index contributed by atoms with van der Waals surface area (Å²) in [7, 11) is -3.75. The SMILES string of the molecule is CCOc1ccc(S(=O)(=O)Nc2ccsc2-c2nc(C3CC3)no2)cc1C. The Bertz CT molecular complexity index is 1070. The molecule has 7 nitrogen and oxygen atoms in total. The molecule has 9 heteroatoms. The van der Waals surface area contributed by atoms with Crippen LogP contribution in [0.4, 0.5) is 5.69 Å². The number of hydrogen-bond donors (Lipinski definition) is 1. The van der Waals surface area contributed by atoms with Gasteiger partial charge in [-0.3, -0.25) is 4.72 Å². The second kappa shape index (κ2) is 6.97. The molecular formula is C18H19N3O4S2. The summed E-state index contributed by atoms with van der Waals surface area (Å²) in [4.78, 5) is 5.19. The Labute approximate surface area is 161 Å². The summed E-state index contributed by atoms with van der Waals surface area (Å²) in [5.41, 5.74) is 1.19. The van der Waals surface area contributed by atoms with Crippen LogP contribution < -0.4 is 9.46 Å². The third kappa shape index (κ3) is 3.70. The molecule has 142 valence electrons. The lowest BCUT2D eigenvalue weighted by atomic mass is 10.2. The summed E-state index contributed by atoms with van der Waals surface area (Å²) in [5.74, 6) is 2.07. The van der Waals surface area contributed by atoms with E-state index in [9.17, 15) is 8.42 Å². The van der Waals surface area contributed by atoms with Gasteiger partial charge in [0.15, 0.2) is 5.82 Å². The van der Waals surface area contributed by atoms with Crippen molar-refractivity contribution in [1.82, 2.24) is 10.1 Å². The molecule has 0 aliphatic heterocycles. The van der Waals surface area contributed by atoms with Crippen molar-refractivity contribution in [2.24, 2.45) is 0 Å². The van der Waals surface area contributed by atoms with E-state index in [4.69, 9.17) is 9.26 Å². The number of anilines is 1. The third-order valence-electron chi connectivity index (χ3n) is 4.24. The molecule has 2 aromatic heterocycles. The molecule has 1 fully saturated rings. The van der Waals surface area contributed by atoms with Gasteiger partial charge in [0, 0.05) is 5.92 Å². The van der Waals surface area contributed by atoms with Gasteiger partial charge in [0.25, 0.3) is 15.9 Å². The van der Waals surface area contributed by atoms with Crippen molar-refractivity contribution in [3.63, 3.8) is 0 Å². The topological polar surface area (TPSA) is 94.3 Å². The average molecular weight is 406 g/mol. The average Bonchev–Trinajstić information content (AvgIpc) is 3.19. The first-order valence-electron chi connectivity index (χ1n) is 8.65. The number of benzene rings is 1. The van der Waals surface area contributed by atoms with Gasteiger partial charge in [-0.05, 0) is 61.9 Å². The van der Waals surface area contributed by atoms with Gasteiger partial charge < -0.3 is 9.26 Å². The van der Waals surface area contributed by atoms with Crippen LogP contribution in [0.2, 0.25) is 0 Å². The molecule has 0 amide bonds. The van der Waals surface area contributed by atoms with Gasteiger partial charge in [0.2, 0.25) is 0 Å². The van der Waals surface area contributed by atoms with E-state index in [0.29, 0.717) is 40.6 Å². The van der Waals surface area contributed by atoms with E-state index in [1.165, 1.54) is 17.4 Å². The van der Waals surface area contributed by atoms with Gasteiger partial charge in [0.1, 0.15) is 10.6 Å². The van der Waals surface area contributed by atoms with Crippen LogP contribution >= 0.6 is 11.3 Å². The van der Waals surface area contributed by atoms with E-state index < -0.39 is 10.0 Å². The molecule has 0 atom stereocenters. The molecule has 3 aromatic rings. The van der Waals surface area contributed by atoms with Crippen molar-refractivity contribution in [2.45, 2.75) is 37.5 Å². The highest BCUT2D eigenvalue weighted by Crippen LogP contribution is 2.40. The van der Waals surface area contributed by atoms with E-state index in [-0.39, 0.29) is 4.90 Å². The van der Waals surface area contributed by atoms with Gasteiger partial charge in [-0.15, -0.1) is 11.3 Å². The molecule has 1 N–H and O–H groups in total. The van der Waals surface area contributed by atoms with E-state index in [1.807, 2.05) is 13.8 Å². The summed E-state index contributed by atoms with van der Waals surface area (Å²) in [6.45, 7) is 4.23. The normalized spacial score (nSPS) is 14.3. The first-order valence-corrected chi connectivity index (χ1v) is 11.0. The largest absolute Gasteiger partial charge is 0.494 e. The molecule has 1 aliphatic rings. The lowest BCUT2D eigenvalue weighted by molar-refractivity contribution is 0.337. The van der Waals surface area contributed by atoms with E-state index in [2.05, 4.69) is 14.9 Å². The van der Waals surface area contributed by atoms with Gasteiger partial charge in [-0.2, -0.15) is 4.98 Å². The Balaban J connectivity index is 1.60. The lowest BCUT2D eigenvalue weighted by Gasteiger charge is -2.11. The maximum Gasteiger partial charge on any atom is 0.270 e. The van der Waals surface area contributed by atoms with Crippen LogP contribution in [0.1, 0.15) is 37.1 Å².